The second kappa shape index (κ2) is 5.80. The summed E-state index contributed by atoms with van der Waals surface area (Å²) in [7, 11) is 4.27. The van der Waals surface area contributed by atoms with E-state index in [1.165, 1.54) is 12.8 Å². The third-order valence-corrected chi connectivity index (χ3v) is 4.15. The lowest BCUT2D eigenvalue weighted by Crippen LogP contribution is -2.41. The van der Waals surface area contributed by atoms with Crippen LogP contribution in [0.5, 0.6) is 5.75 Å². The number of hydrogen-bond acceptors (Lipinski definition) is 4. The van der Waals surface area contributed by atoms with Crippen LogP contribution < -0.4 is 10.6 Å². The molecule has 1 aliphatic rings. The molecule has 0 amide bonds. The summed E-state index contributed by atoms with van der Waals surface area (Å²) in [5.74, 6) is 0.298. The summed E-state index contributed by atoms with van der Waals surface area (Å²) >= 11 is 0. The summed E-state index contributed by atoms with van der Waals surface area (Å²) in [5.41, 5.74) is 7.69. The normalized spacial score (nSPS) is 19.4. The first kappa shape index (κ1) is 14.2. The highest BCUT2D eigenvalue weighted by Gasteiger charge is 2.21. The molecule has 3 N–H and O–H groups in total. The fourth-order valence-corrected chi connectivity index (χ4v) is 2.73. The summed E-state index contributed by atoms with van der Waals surface area (Å²) in [6.07, 6.45) is 2.34. The van der Waals surface area contributed by atoms with E-state index in [9.17, 15) is 5.11 Å². The van der Waals surface area contributed by atoms with Crippen LogP contribution in [0.3, 0.4) is 0 Å². The van der Waals surface area contributed by atoms with Gasteiger partial charge in [0, 0.05) is 36.4 Å². The van der Waals surface area contributed by atoms with Crippen LogP contribution in [0.25, 0.3) is 0 Å². The Bertz CT molecular complexity index is 425. The molecule has 1 heterocycles. The molecule has 0 aliphatic carbocycles. The number of benzene rings is 1. The van der Waals surface area contributed by atoms with E-state index in [-0.39, 0.29) is 6.04 Å². The highest BCUT2D eigenvalue weighted by atomic mass is 16.3. The van der Waals surface area contributed by atoms with E-state index in [0.29, 0.717) is 11.8 Å². The number of nitrogens with two attached hydrogens (primary N) is 1. The van der Waals surface area contributed by atoms with E-state index < -0.39 is 0 Å². The van der Waals surface area contributed by atoms with Crippen molar-refractivity contribution in [2.75, 3.05) is 32.1 Å². The van der Waals surface area contributed by atoms with E-state index in [1.54, 1.807) is 0 Å². The second-order valence-electron chi connectivity index (χ2n) is 5.68. The van der Waals surface area contributed by atoms with Crippen molar-refractivity contribution in [2.45, 2.75) is 31.8 Å². The predicted molar refractivity (Wildman–Crippen MR) is 79.6 cm³/mol. The van der Waals surface area contributed by atoms with Crippen molar-refractivity contribution in [3.05, 3.63) is 23.8 Å². The van der Waals surface area contributed by atoms with Gasteiger partial charge in [-0.1, -0.05) is 6.07 Å². The highest BCUT2D eigenvalue weighted by Crippen LogP contribution is 2.29. The molecule has 19 heavy (non-hydrogen) atoms. The first-order chi connectivity index (χ1) is 8.99. The van der Waals surface area contributed by atoms with E-state index in [0.717, 1.165) is 24.3 Å². The molecular weight excluding hydrogens is 238 g/mol. The number of likely N-dealkylation sites (tertiary alicyclic amines) is 1. The van der Waals surface area contributed by atoms with Crippen LogP contribution in [0.2, 0.25) is 0 Å². The quantitative estimate of drug-likeness (QED) is 0.875. The van der Waals surface area contributed by atoms with Gasteiger partial charge in [-0.25, -0.2) is 0 Å². The summed E-state index contributed by atoms with van der Waals surface area (Å²) < 4.78 is 0. The Morgan fingerprint density at radius 1 is 1.37 bits per heavy atom. The lowest BCUT2D eigenvalue weighted by Gasteiger charge is -2.36. The first-order valence-electron chi connectivity index (χ1n) is 6.99. The van der Waals surface area contributed by atoms with Gasteiger partial charge in [-0.15, -0.1) is 0 Å². The number of nitrogens with zero attached hydrogens (tertiary/aromatic N) is 2. The van der Waals surface area contributed by atoms with Gasteiger partial charge in [-0.3, -0.25) is 0 Å². The zero-order valence-corrected chi connectivity index (χ0v) is 12.1. The molecule has 2 rings (SSSR count). The van der Waals surface area contributed by atoms with Crippen molar-refractivity contribution in [1.82, 2.24) is 4.90 Å². The topological polar surface area (TPSA) is 52.7 Å². The van der Waals surface area contributed by atoms with Crippen LogP contribution in [0, 0.1) is 0 Å². The van der Waals surface area contributed by atoms with Crippen LogP contribution in [-0.2, 0) is 0 Å². The molecule has 1 fully saturated rings. The maximum atomic E-state index is 10.0. The van der Waals surface area contributed by atoms with Crippen LogP contribution in [-0.4, -0.2) is 43.2 Å². The Morgan fingerprint density at radius 3 is 2.53 bits per heavy atom. The van der Waals surface area contributed by atoms with Crippen LogP contribution in [0.4, 0.5) is 5.69 Å². The Kier molecular flexibility index (Phi) is 4.32. The van der Waals surface area contributed by atoms with Crippen LogP contribution >= 0.6 is 0 Å². The van der Waals surface area contributed by atoms with Gasteiger partial charge in [0.25, 0.3) is 0 Å². The largest absolute Gasteiger partial charge is 0.508 e. The van der Waals surface area contributed by atoms with Crippen molar-refractivity contribution in [2.24, 2.45) is 5.73 Å². The van der Waals surface area contributed by atoms with Gasteiger partial charge in [-0.2, -0.15) is 0 Å². The maximum Gasteiger partial charge on any atom is 0.122 e. The number of rotatable bonds is 3. The molecule has 1 aromatic rings. The van der Waals surface area contributed by atoms with E-state index in [4.69, 9.17) is 5.73 Å². The molecule has 0 bridgehead atoms. The number of aromatic hydroxyl groups is 1. The highest BCUT2D eigenvalue weighted by molar-refractivity contribution is 5.54. The minimum absolute atomic E-state index is 0.136. The molecular formula is C15H25N3O. The van der Waals surface area contributed by atoms with E-state index >= 15 is 0 Å². The minimum atomic E-state index is -0.136. The van der Waals surface area contributed by atoms with Crippen LogP contribution in [0.15, 0.2) is 18.2 Å². The Hall–Kier alpha value is -1.26. The van der Waals surface area contributed by atoms with Crippen LogP contribution in [0.1, 0.15) is 31.4 Å². The van der Waals surface area contributed by atoms with E-state index in [2.05, 4.69) is 30.0 Å². The fraction of sp³-hybridized carbons (Fsp3) is 0.600. The molecule has 0 radical (unpaired) electrons. The van der Waals surface area contributed by atoms with Crippen molar-refractivity contribution in [1.29, 1.82) is 0 Å². The zero-order chi connectivity index (χ0) is 14.0. The molecule has 0 spiro atoms. The Labute approximate surface area is 115 Å². The average molecular weight is 263 g/mol. The van der Waals surface area contributed by atoms with Gasteiger partial charge < -0.3 is 20.6 Å². The number of phenols is 1. The smallest absolute Gasteiger partial charge is 0.122 e. The van der Waals surface area contributed by atoms with Crippen molar-refractivity contribution >= 4 is 5.69 Å². The van der Waals surface area contributed by atoms with Gasteiger partial charge in [0.15, 0.2) is 0 Å². The second-order valence-corrected chi connectivity index (χ2v) is 5.68. The summed E-state index contributed by atoms with van der Waals surface area (Å²) in [6.45, 7) is 4.16. The summed E-state index contributed by atoms with van der Waals surface area (Å²) in [4.78, 5) is 4.64. The number of phenolic OH excluding ortho intramolecular Hbond substituents is 1. The standard InChI is InChI=1S/C15H25N3O/c1-11(16)14-5-4-13(10-15(14)19)18(3)12-6-8-17(2)9-7-12/h4-5,10-12,19H,6-9,16H2,1-3H3. The van der Waals surface area contributed by atoms with E-state index in [1.807, 2.05) is 19.1 Å². The Balaban J connectivity index is 2.11. The third kappa shape index (κ3) is 3.19. The molecule has 106 valence electrons. The monoisotopic (exact) mass is 263 g/mol. The van der Waals surface area contributed by atoms with Gasteiger partial charge >= 0.3 is 0 Å². The minimum Gasteiger partial charge on any atom is -0.508 e. The molecule has 1 unspecified atom stereocenters. The van der Waals surface area contributed by atoms with Gasteiger partial charge in [-0.05, 0) is 46.0 Å². The molecule has 4 nitrogen and oxygen atoms in total. The lowest BCUT2D eigenvalue weighted by molar-refractivity contribution is 0.253. The van der Waals surface area contributed by atoms with Gasteiger partial charge in [0.1, 0.15) is 5.75 Å². The molecule has 1 aromatic carbocycles. The lowest BCUT2D eigenvalue weighted by atomic mass is 10.0. The molecule has 1 saturated heterocycles. The van der Waals surface area contributed by atoms with Crippen molar-refractivity contribution in [3.63, 3.8) is 0 Å². The Morgan fingerprint density at radius 2 is 2.00 bits per heavy atom. The average Bonchev–Trinajstić information content (AvgIpc) is 2.38. The number of anilines is 1. The zero-order valence-electron chi connectivity index (χ0n) is 12.1. The molecule has 1 aliphatic heterocycles. The molecule has 1 atom stereocenters. The summed E-state index contributed by atoms with van der Waals surface area (Å²) in [6, 6.07) is 6.23. The van der Waals surface area contributed by atoms with Crippen molar-refractivity contribution in [3.8, 4) is 5.75 Å². The molecule has 4 heteroatoms. The molecule has 0 aromatic heterocycles. The summed E-state index contributed by atoms with van der Waals surface area (Å²) in [5, 5.41) is 10.0. The number of hydrogen-bond donors (Lipinski definition) is 2. The third-order valence-electron chi connectivity index (χ3n) is 4.15. The predicted octanol–water partition coefficient (Wildman–Crippen LogP) is 1.94. The first-order valence-corrected chi connectivity index (χ1v) is 6.99. The molecule has 0 saturated carbocycles. The SMILES string of the molecule is CC(N)c1ccc(N(C)C2CCN(C)CC2)cc1O. The van der Waals surface area contributed by atoms with Gasteiger partial charge in [0.2, 0.25) is 0 Å². The van der Waals surface area contributed by atoms with Gasteiger partial charge in [0.05, 0.1) is 0 Å². The number of piperidine rings is 1. The fourth-order valence-electron chi connectivity index (χ4n) is 2.73. The maximum absolute atomic E-state index is 10.0. The van der Waals surface area contributed by atoms with Crippen molar-refractivity contribution < 1.29 is 5.11 Å².